The molecule has 0 bridgehead atoms. The largest absolute Gasteiger partial charge is 0.329 e. The van der Waals surface area contributed by atoms with Gasteiger partial charge in [-0.2, -0.15) is 0 Å². The monoisotopic (exact) mass is 299 g/mol. The van der Waals surface area contributed by atoms with Gasteiger partial charge in [-0.15, -0.1) is 0 Å². The maximum atomic E-state index is 13.2. The highest BCUT2D eigenvalue weighted by molar-refractivity contribution is 6.31. The number of piperidine rings is 1. The molecule has 20 heavy (non-hydrogen) atoms. The molecule has 1 fully saturated rings. The fraction of sp³-hybridized carbons (Fsp3) is 0.600. The third kappa shape index (κ3) is 3.50. The van der Waals surface area contributed by atoms with Crippen LogP contribution in [0.1, 0.15) is 24.4 Å². The Labute approximate surface area is 125 Å². The highest BCUT2D eigenvalue weighted by atomic mass is 35.5. The fourth-order valence-electron chi connectivity index (χ4n) is 3.01. The third-order valence-corrected chi connectivity index (χ3v) is 4.54. The Morgan fingerprint density at radius 3 is 2.90 bits per heavy atom. The molecular weight excluding hydrogens is 277 g/mol. The van der Waals surface area contributed by atoms with Gasteiger partial charge in [0, 0.05) is 30.2 Å². The second-order valence-electron chi connectivity index (χ2n) is 5.64. The summed E-state index contributed by atoms with van der Waals surface area (Å²) >= 11 is 6.18. The number of hydrogen-bond acceptors (Lipinski definition) is 3. The summed E-state index contributed by atoms with van der Waals surface area (Å²) in [5.74, 6) is -0.311. The van der Waals surface area contributed by atoms with Gasteiger partial charge in [-0.1, -0.05) is 17.7 Å². The average Bonchev–Trinajstić information content (AvgIpc) is 2.41. The minimum absolute atomic E-state index is 0.0274. The molecule has 0 amide bonds. The van der Waals surface area contributed by atoms with Crippen LogP contribution in [0.3, 0.4) is 0 Å². The van der Waals surface area contributed by atoms with Crippen LogP contribution in [0.2, 0.25) is 5.02 Å². The van der Waals surface area contributed by atoms with E-state index >= 15 is 0 Å². The Balaban J connectivity index is 2.18. The lowest BCUT2D eigenvalue weighted by molar-refractivity contribution is 0.101. The summed E-state index contributed by atoms with van der Waals surface area (Å²) < 4.78 is 13.2. The van der Waals surface area contributed by atoms with Gasteiger partial charge in [0.05, 0.1) is 0 Å². The minimum atomic E-state index is -0.311. The van der Waals surface area contributed by atoms with Gasteiger partial charge in [0.1, 0.15) is 5.82 Å². The van der Waals surface area contributed by atoms with E-state index in [0.29, 0.717) is 17.6 Å². The Morgan fingerprint density at radius 1 is 1.55 bits per heavy atom. The van der Waals surface area contributed by atoms with Crippen molar-refractivity contribution in [2.45, 2.75) is 24.9 Å². The zero-order valence-electron chi connectivity index (χ0n) is 12.1. The molecule has 112 valence electrons. The predicted molar refractivity (Wildman–Crippen MR) is 81.5 cm³/mol. The maximum Gasteiger partial charge on any atom is 0.124 e. The normalized spacial score (nSPS) is 22.2. The van der Waals surface area contributed by atoms with Gasteiger partial charge in [0.2, 0.25) is 0 Å². The zero-order chi connectivity index (χ0) is 14.7. The topological polar surface area (TPSA) is 32.5 Å². The summed E-state index contributed by atoms with van der Waals surface area (Å²) in [6, 6.07) is 5.05. The van der Waals surface area contributed by atoms with Crippen LogP contribution in [-0.2, 0) is 0 Å². The molecule has 0 aliphatic carbocycles. The summed E-state index contributed by atoms with van der Waals surface area (Å²) in [5, 5.41) is 0.455. The standard InChI is InChI=1S/C15H23ClFN3/c1-19-7-3-4-12(10-19)20(2)15(9-18)13-6-5-11(17)8-14(13)16/h5-6,8,12,15H,3-4,7,9-10,18H2,1-2H3. The molecule has 1 saturated heterocycles. The van der Waals surface area contributed by atoms with E-state index in [1.807, 2.05) is 0 Å². The van der Waals surface area contributed by atoms with Crippen LogP contribution in [0.15, 0.2) is 18.2 Å². The number of likely N-dealkylation sites (tertiary alicyclic amines) is 1. The summed E-state index contributed by atoms with van der Waals surface area (Å²) in [5.41, 5.74) is 6.85. The number of benzene rings is 1. The molecule has 1 heterocycles. The molecule has 0 radical (unpaired) electrons. The van der Waals surface area contributed by atoms with Crippen molar-refractivity contribution in [1.82, 2.24) is 9.80 Å². The quantitative estimate of drug-likeness (QED) is 0.927. The molecule has 2 rings (SSSR count). The second-order valence-corrected chi connectivity index (χ2v) is 6.05. The van der Waals surface area contributed by atoms with Crippen LogP contribution < -0.4 is 5.73 Å². The van der Waals surface area contributed by atoms with Gasteiger partial charge in [0.25, 0.3) is 0 Å². The van der Waals surface area contributed by atoms with E-state index in [2.05, 4.69) is 23.9 Å². The molecule has 1 aromatic carbocycles. The summed E-state index contributed by atoms with van der Waals surface area (Å²) in [7, 11) is 4.23. The van der Waals surface area contributed by atoms with Gasteiger partial charge in [0.15, 0.2) is 0 Å². The average molecular weight is 300 g/mol. The first-order valence-corrected chi connectivity index (χ1v) is 7.46. The van der Waals surface area contributed by atoms with Crippen molar-refractivity contribution in [3.8, 4) is 0 Å². The smallest absolute Gasteiger partial charge is 0.124 e. The van der Waals surface area contributed by atoms with E-state index in [-0.39, 0.29) is 11.9 Å². The molecule has 5 heteroatoms. The molecule has 2 unspecified atom stereocenters. The molecule has 0 spiro atoms. The van der Waals surface area contributed by atoms with Gasteiger partial charge < -0.3 is 10.6 Å². The van der Waals surface area contributed by atoms with Crippen LogP contribution in [-0.4, -0.2) is 49.6 Å². The predicted octanol–water partition coefficient (Wildman–Crippen LogP) is 2.50. The van der Waals surface area contributed by atoms with Crippen molar-refractivity contribution in [2.24, 2.45) is 5.73 Å². The number of nitrogens with zero attached hydrogens (tertiary/aromatic N) is 2. The number of halogens is 2. The molecule has 0 saturated carbocycles. The van der Waals surface area contributed by atoms with Crippen LogP contribution in [0.4, 0.5) is 4.39 Å². The summed E-state index contributed by atoms with van der Waals surface area (Å²) in [4.78, 5) is 4.62. The Morgan fingerprint density at radius 2 is 2.30 bits per heavy atom. The van der Waals surface area contributed by atoms with Crippen LogP contribution >= 0.6 is 11.6 Å². The van der Waals surface area contributed by atoms with Crippen LogP contribution in [0.25, 0.3) is 0 Å². The van der Waals surface area contributed by atoms with Crippen LogP contribution in [0, 0.1) is 5.82 Å². The molecular formula is C15H23ClFN3. The van der Waals surface area contributed by atoms with E-state index < -0.39 is 0 Å². The first kappa shape index (κ1) is 15.7. The maximum absolute atomic E-state index is 13.2. The molecule has 3 nitrogen and oxygen atoms in total. The van der Waals surface area contributed by atoms with E-state index in [0.717, 1.165) is 25.1 Å². The van der Waals surface area contributed by atoms with E-state index in [9.17, 15) is 4.39 Å². The molecule has 1 aliphatic rings. The Kier molecular flexibility index (Phi) is 5.38. The minimum Gasteiger partial charge on any atom is -0.329 e. The summed E-state index contributed by atoms with van der Waals surface area (Å²) in [6.07, 6.45) is 2.36. The molecule has 2 atom stereocenters. The Bertz CT molecular complexity index is 455. The zero-order valence-corrected chi connectivity index (χ0v) is 12.9. The molecule has 0 aromatic heterocycles. The second kappa shape index (κ2) is 6.85. The lowest BCUT2D eigenvalue weighted by Gasteiger charge is -2.40. The van der Waals surface area contributed by atoms with Gasteiger partial charge in [-0.3, -0.25) is 4.90 Å². The summed E-state index contributed by atoms with van der Waals surface area (Å²) in [6.45, 7) is 2.66. The van der Waals surface area contributed by atoms with Crippen molar-refractivity contribution < 1.29 is 4.39 Å². The van der Waals surface area contributed by atoms with Gasteiger partial charge in [-0.25, -0.2) is 4.39 Å². The fourth-order valence-corrected chi connectivity index (χ4v) is 3.30. The number of hydrogen-bond donors (Lipinski definition) is 1. The number of likely N-dealkylation sites (N-methyl/N-ethyl adjacent to an activating group) is 2. The van der Waals surface area contributed by atoms with E-state index in [1.54, 1.807) is 6.07 Å². The van der Waals surface area contributed by atoms with Crippen molar-refractivity contribution in [3.63, 3.8) is 0 Å². The SMILES string of the molecule is CN1CCCC(N(C)C(CN)c2ccc(F)cc2Cl)C1. The van der Waals surface area contributed by atoms with Crippen molar-refractivity contribution >= 4 is 11.6 Å². The lowest BCUT2D eigenvalue weighted by atomic mass is 9.99. The third-order valence-electron chi connectivity index (χ3n) is 4.21. The first-order valence-electron chi connectivity index (χ1n) is 7.08. The highest BCUT2D eigenvalue weighted by Crippen LogP contribution is 2.29. The van der Waals surface area contributed by atoms with Crippen LogP contribution in [0.5, 0.6) is 0 Å². The lowest BCUT2D eigenvalue weighted by Crippen LogP contribution is -2.47. The van der Waals surface area contributed by atoms with Crippen molar-refractivity contribution in [1.29, 1.82) is 0 Å². The number of nitrogens with two attached hydrogens (primary N) is 1. The van der Waals surface area contributed by atoms with Crippen molar-refractivity contribution in [2.75, 3.05) is 33.7 Å². The van der Waals surface area contributed by atoms with Gasteiger partial charge >= 0.3 is 0 Å². The molecule has 1 aliphatic heterocycles. The van der Waals surface area contributed by atoms with E-state index in [4.69, 9.17) is 17.3 Å². The number of rotatable bonds is 4. The first-order chi connectivity index (χ1) is 9.52. The van der Waals surface area contributed by atoms with E-state index in [1.165, 1.54) is 18.6 Å². The van der Waals surface area contributed by atoms with Gasteiger partial charge in [-0.05, 0) is 51.2 Å². The Hall–Kier alpha value is -0.680. The van der Waals surface area contributed by atoms with Crippen molar-refractivity contribution in [3.05, 3.63) is 34.6 Å². The molecule has 1 aromatic rings. The highest BCUT2D eigenvalue weighted by Gasteiger charge is 2.27. The molecule has 2 N–H and O–H groups in total.